The monoisotopic (exact) mass is 216 g/mol. The van der Waals surface area contributed by atoms with E-state index in [1.54, 1.807) is 7.11 Å². The molecule has 15 heavy (non-hydrogen) atoms. The molecular weight excluding hydrogens is 192 g/mol. The molecule has 0 aliphatic rings. The second-order valence-electron chi connectivity index (χ2n) is 4.34. The van der Waals surface area contributed by atoms with Crippen LogP contribution in [0.5, 0.6) is 0 Å². The van der Waals surface area contributed by atoms with Gasteiger partial charge >= 0.3 is 0 Å². The first-order chi connectivity index (χ1) is 7.02. The first-order valence-corrected chi connectivity index (χ1v) is 5.54. The third kappa shape index (κ3) is 8.39. The fourth-order valence-electron chi connectivity index (χ4n) is 1.08. The van der Waals surface area contributed by atoms with Crippen molar-refractivity contribution in [1.82, 2.24) is 5.32 Å². The molecule has 0 bridgehead atoms. The van der Waals surface area contributed by atoms with E-state index in [0.29, 0.717) is 19.5 Å². The zero-order valence-electron chi connectivity index (χ0n) is 10.1. The minimum atomic E-state index is -0.285. The Morgan fingerprint density at radius 3 is 2.53 bits per heavy atom. The average Bonchev–Trinajstić information content (AvgIpc) is 2.22. The summed E-state index contributed by atoms with van der Waals surface area (Å²) in [5.41, 5.74) is 5.08. The molecule has 0 aliphatic heterocycles. The summed E-state index contributed by atoms with van der Waals surface area (Å²) >= 11 is 0. The van der Waals surface area contributed by atoms with Gasteiger partial charge in [-0.05, 0) is 33.2 Å². The number of amides is 1. The van der Waals surface area contributed by atoms with Gasteiger partial charge < -0.3 is 15.8 Å². The predicted molar refractivity (Wildman–Crippen MR) is 61.6 cm³/mol. The Kier molecular flexibility index (Phi) is 7.34. The number of unbranched alkanes of at least 4 members (excludes halogenated alkanes) is 2. The van der Waals surface area contributed by atoms with Gasteiger partial charge in [-0.2, -0.15) is 0 Å². The molecule has 0 radical (unpaired) electrons. The van der Waals surface area contributed by atoms with Gasteiger partial charge in [0.05, 0.1) is 5.60 Å². The molecule has 0 aromatic rings. The lowest BCUT2D eigenvalue weighted by atomic mass is 10.1. The lowest BCUT2D eigenvalue weighted by molar-refractivity contribution is -0.122. The molecule has 0 heterocycles. The van der Waals surface area contributed by atoms with Gasteiger partial charge in [-0.1, -0.05) is 6.42 Å². The van der Waals surface area contributed by atoms with E-state index < -0.39 is 0 Å². The Morgan fingerprint density at radius 2 is 2.00 bits per heavy atom. The second-order valence-corrected chi connectivity index (χ2v) is 4.34. The van der Waals surface area contributed by atoms with Crippen LogP contribution in [0.1, 0.15) is 39.5 Å². The molecule has 0 atom stereocenters. The summed E-state index contributed by atoms with van der Waals surface area (Å²) in [4.78, 5) is 11.4. The van der Waals surface area contributed by atoms with Crippen LogP contribution in [0, 0.1) is 0 Å². The number of hydrogen-bond acceptors (Lipinski definition) is 3. The molecule has 0 aromatic carbocycles. The van der Waals surface area contributed by atoms with Gasteiger partial charge in [0.2, 0.25) is 5.91 Å². The molecular formula is C11H24N2O2. The van der Waals surface area contributed by atoms with E-state index >= 15 is 0 Å². The third-order valence-electron chi connectivity index (χ3n) is 2.37. The first-order valence-electron chi connectivity index (χ1n) is 5.54. The molecule has 0 rings (SSSR count). The van der Waals surface area contributed by atoms with Crippen molar-refractivity contribution in [2.45, 2.75) is 45.1 Å². The van der Waals surface area contributed by atoms with Gasteiger partial charge in [0.1, 0.15) is 0 Å². The normalized spacial score (nSPS) is 11.5. The van der Waals surface area contributed by atoms with Crippen molar-refractivity contribution in [2.24, 2.45) is 5.73 Å². The lowest BCUT2D eigenvalue weighted by Gasteiger charge is -2.23. The van der Waals surface area contributed by atoms with Crippen LogP contribution in [0.2, 0.25) is 0 Å². The highest BCUT2D eigenvalue weighted by molar-refractivity contribution is 5.75. The van der Waals surface area contributed by atoms with Crippen molar-refractivity contribution in [3.63, 3.8) is 0 Å². The van der Waals surface area contributed by atoms with Crippen molar-refractivity contribution < 1.29 is 9.53 Å². The van der Waals surface area contributed by atoms with E-state index in [1.807, 2.05) is 13.8 Å². The summed E-state index contributed by atoms with van der Waals surface area (Å²) < 4.78 is 5.20. The topological polar surface area (TPSA) is 64.3 Å². The van der Waals surface area contributed by atoms with Crippen LogP contribution in [0.3, 0.4) is 0 Å². The number of hydrogen-bond donors (Lipinski definition) is 2. The van der Waals surface area contributed by atoms with Gasteiger partial charge in [0.15, 0.2) is 0 Å². The Labute approximate surface area is 92.6 Å². The smallest absolute Gasteiger partial charge is 0.220 e. The van der Waals surface area contributed by atoms with Crippen molar-refractivity contribution in [3.8, 4) is 0 Å². The highest BCUT2D eigenvalue weighted by atomic mass is 16.5. The van der Waals surface area contributed by atoms with Crippen LogP contribution >= 0.6 is 0 Å². The highest BCUT2D eigenvalue weighted by Crippen LogP contribution is 2.05. The summed E-state index contributed by atoms with van der Waals surface area (Å²) in [5.74, 6) is 0.0946. The molecule has 0 saturated heterocycles. The minimum Gasteiger partial charge on any atom is -0.377 e. The third-order valence-corrected chi connectivity index (χ3v) is 2.37. The minimum absolute atomic E-state index is 0.0946. The fourth-order valence-corrected chi connectivity index (χ4v) is 1.08. The Morgan fingerprint density at radius 1 is 1.33 bits per heavy atom. The Hall–Kier alpha value is -0.610. The maximum atomic E-state index is 11.4. The van der Waals surface area contributed by atoms with Crippen LogP contribution in [-0.4, -0.2) is 31.7 Å². The molecule has 0 aromatic heterocycles. The van der Waals surface area contributed by atoms with Crippen LogP contribution in [0.4, 0.5) is 0 Å². The van der Waals surface area contributed by atoms with Gasteiger partial charge in [-0.15, -0.1) is 0 Å². The Balaban J connectivity index is 3.49. The number of rotatable bonds is 8. The lowest BCUT2D eigenvalue weighted by Crippen LogP contribution is -2.39. The number of nitrogens with two attached hydrogens (primary N) is 1. The van der Waals surface area contributed by atoms with Crippen LogP contribution in [-0.2, 0) is 9.53 Å². The van der Waals surface area contributed by atoms with Crippen molar-refractivity contribution >= 4 is 5.91 Å². The molecule has 1 amide bonds. The molecule has 0 aliphatic carbocycles. The molecule has 90 valence electrons. The van der Waals surface area contributed by atoms with Crippen molar-refractivity contribution in [1.29, 1.82) is 0 Å². The summed E-state index contributed by atoms with van der Waals surface area (Å²) in [6.07, 6.45) is 3.52. The molecule has 0 spiro atoms. The van der Waals surface area contributed by atoms with E-state index in [-0.39, 0.29) is 11.5 Å². The highest BCUT2D eigenvalue weighted by Gasteiger charge is 2.16. The quantitative estimate of drug-likeness (QED) is 0.596. The maximum absolute atomic E-state index is 11.4. The van der Waals surface area contributed by atoms with E-state index in [1.165, 1.54) is 0 Å². The van der Waals surface area contributed by atoms with E-state index in [4.69, 9.17) is 10.5 Å². The molecule has 0 unspecified atom stereocenters. The molecule has 0 saturated carbocycles. The van der Waals surface area contributed by atoms with Crippen LogP contribution in [0.25, 0.3) is 0 Å². The standard InChI is InChI=1S/C11H24N2O2/c1-11(2,15-3)9-13-10(14)7-5-4-6-8-12/h4-9,12H2,1-3H3,(H,13,14). The van der Waals surface area contributed by atoms with Crippen molar-refractivity contribution in [3.05, 3.63) is 0 Å². The molecule has 4 heteroatoms. The Bertz CT molecular complexity index is 181. The summed E-state index contributed by atoms with van der Waals surface area (Å²) in [7, 11) is 1.65. The van der Waals surface area contributed by atoms with Crippen molar-refractivity contribution in [2.75, 3.05) is 20.2 Å². The summed E-state index contributed by atoms with van der Waals surface area (Å²) in [6, 6.07) is 0. The fraction of sp³-hybridized carbons (Fsp3) is 0.909. The number of methoxy groups -OCH3 is 1. The van der Waals surface area contributed by atoms with Crippen LogP contribution in [0.15, 0.2) is 0 Å². The van der Waals surface area contributed by atoms with E-state index in [0.717, 1.165) is 19.3 Å². The largest absolute Gasteiger partial charge is 0.377 e. The zero-order valence-corrected chi connectivity index (χ0v) is 10.1. The van der Waals surface area contributed by atoms with Gasteiger partial charge in [0.25, 0.3) is 0 Å². The zero-order chi connectivity index (χ0) is 11.7. The number of ether oxygens (including phenoxy) is 1. The van der Waals surface area contributed by atoms with Gasteiger partial charge in [-0.25, -0.2) is 0 Å². The SMILES string of the molecule is COC(C)(C)CNC(=O)CCCCCN. The van der Waals surface area contributed by atoms with Crippen LogP contribution < -0.4 is 11.1 Å². The molecule has 3 N–H and O–H groups in total. The maximum Gasteiger partial charge on any atom is 0.220 e. The molecule has 4 nitrogen and oxygen atoms in total. The summed E-state index contributed by atoms with van der Waals surface area (Å²) in [5, 5.41) is 2.86. The number of carbonyl (C=O) groups excluding carboxylic acids is 1. The number of nitrogens with one attached hydrogen (secondary N) is 1. The van der Waals surface area contributed by atoms with Gasteiger partial charge in [-0.3, -0.25) is 4.79 Å². The average molecular weight is 216 g/mol. The summed E-state index contributed by atoms with van der Waals surface area (Å²) in [6.45, 7) is 5.15. The molecule has 0 fully saturated rings. The second kappa shape index (κ2) is 7.65. The van der Waals surface area contributed by atoms with E-state index in [2.05, 4.69) is 5.32 Å². The number of carbonyl (C=O) groups is 1. The van der Waals surface area contributed by atoms with Gasteiger partial charge in [0, 0.05) is 20.1 Å². The van der Waals surface area contributed by atoms with E-state index in [9.17, 15) is 4.79 Å². The first kappa shape index (κ1) is 14.4. The predicted octanol–water partition coefficient (Wildman–Crippen LogP) is 1.05.